The van der Waals surface area contributed by atoms with Gasteiger partial charge >= 0.3 is 12.4 Å². The van der Waals surface area contributed by atoms with Gasteiger partial charge in [0, 0.05) is 38.9 Å². The third-order valence-corrected chi connectivity index (χ3v) is 3.22. The third-order valence-electron chi connectivity index (χ3n) is 3.22. The number of hydrogen-bond acceptors (Lipinski definition) is 6. The summed E-state index contributed by atoms with van der Waals surface area (Å²) in [4.78, 5) is 13.7. The van der Waals surface area contributed by atoms with Crippen LogP contribution in [0.15, 0.2) is 36.5 Å². The Hall–Kier alpha value is -3.24. The van der Waals surface area contributed by atoms with E-state index in [1.165, 1.54) is 12.1 Å². The van der Waals surface area contributed by atoms with Crippen molar-refractivity contribution in [3.63, 3.8) is 0 Å². The van der Waals surface area contributed by atoms with E-state index in [4.69, 9.17) is 0 Å². The normalized spacial score (nSPS) is 10.9. The Morgan fingerprint density at radius 3 is 2.52 bits per heavy atom. The number of nitrogens with zero attached hydrogens (tertiary/aromatic N) is 3. The molecule has 0 saturated carbocycles. The first-order valence-electron chi connectivity index (χ1n) is 7.87. The van der Waals surface area contributed by atoms with Crippen LogP contribution >= 0.6 is 0 Å². The van der Waals surface area contributed by atoms with Gasteiger partial charge in [0.25, 0.3) is 0 Å². The van der Waals surface area contributed by atoms with Gasteiger partial charge in [0.15, 0.2) is 5.82 Å². The van der Waals surface area contributed by atoms with Crippen LogP contribution in [0.4, 0.5) is 35.2 Å². The minimum Gasteiger partial charge on any atom is -0.406 e. The summed E-state index contributed by atoms with van der Waals surface area (Å²) in [6.45, 7) is 0.715. The van der Waals surface area contributed by atoms with Crippen LogP contribution in [-0.4, -0.2) is 49.8 Å². The Morgan fingerprint density at radius 1 is 1.19 bits per heavy atom. The first kappa shape index (κ1) is 20.1. The summed E-state index contributed by atoms with van der Waals surface area (Å²) in [5.74, 6) is 0.211. The fourth-order valence-corrected chi connectivity index (χ4v) is 1.97. The van der Waals surface area contributed by atoms with Crippen molar-refractivity contribution >= 4 is 23.2 Å². The molecular weight excluding hydrogens is 365 g/mol. The number of urea groups is 1. The van der Waals surface area contributed by atoms with Crippen molar-refractivity contribution in [3.8, 4) is 5.75 Å². The van der Waals surface area contributed by atoms with Gasteiger partial charge in [0.2, 0.25) is 0 Å². The second kappa shape index (κ2) is 8.92. The molecule has 0 spiro atoms. The van der Waals surface area contributed by atoms with Crippen molar-refractivity contribution in [3.05, 3.63) is 36.5 Å². The number of ether oxygens (including phenoxy) is 1. The zero-order valence-corrected chi connectivity index (χ0v) is 14.7. The maximum Gasteiger partial charge on any atom is 0.573 e. The molecule has 2 rings (SSSR count). The molecule has 0 aliphatic carbocycles. The Balaban J connectivity index is 1.72. The molecule has 1 heterocycles. The van der Waals surface area contributed by atoms with Gasteiger partial charge in [0.1, 0.15) is 5.75 Å². The number of rotatable bonds is 7. The largest absolute Gasteiger partial charge is 0.573 e. The van der Waals surface area contributed by atoms with Gasteiger partial charge in [0.05, 0.1) is 11.9 Å². The first-order valence-corrected chi connectivity index (χ1v) is 7.87. The molecule has 0 aliphatic heterocycles. The second-order valence-corrected chi connectivity index (χ2v) is 5.57. The van der Waals surface area contributed by atoms with E-state index in [9.17, 15) is 18.0 Å². The average Bonchev–Trinajstić information content (AvgIpc) is 2.59. The molecule has 27 heavy (non-hydrogen) atoms. The van der Waals surface area contributed by atoms with Gasteiger partial charge in [-0.25, -0.2) is 4.79 Å². The molecule has 11 heteroatoms. The highest BCUT2D eigenvalue weighted by atomic mass is 19.4. The molecule has 8 nitrogen and oxygen atoms in total. The van der Waals surface area contributed by atoms with Crippen LogP contribution in [-0.2, 0) is 0 Å². The van der Waals surface area contributed by atoms with Crippen LogP contribution in [0.1, 0.15) is 0 Å². The second-order valence-electron chi connectivity index (χ2n) is 5.57. The molecule has 0 fully saturated rings. The predicted molar refractivity (Wildman–Crippen MR) is 95.0 cm³/mol. The monoisotopic (exact) mass is 384 g/mol. The summed E-state index contributed by atoms with van der Waals surface area (Å²) < 4.78 is 40.0. The zero-order valence-electron chi connectivity index (χ0n) is 14.7. The molecule has 2 amide bonds. The third kappa shape index (κ3) is 7.26. The lowest BCUT2D eigenvalue weighted by Gasteiger charge is -2.13. The maximum absolute atomic E-state index is 12.1. The van der Waals surface area contributed by atoms with Crippen molar-refractivity contribution in [2.24, 2.45) is 0 Å². The van der Waals surface area contributed by atoms with Crippen molar-refractivity contribution < 1.29 is 22.7 Å². The topological polar surface area (TPSA) is 91.4 Å². The standard InChI is InChI=1S/C16H19F3N6O2/c1-25(2)12-9-14(24-22-10-12)20-7-8-21-15(26)23-11-3-5-13(6-4-11)27-16(17,18)19/h3-6,9-10H,7-8H2,1-2H3,(H,20,24)(H2,21,23,26). The summed E-state index contributed by atoms with van der Waals surface area (Å²) in [5, 5.41) is 15.9. The fourth-order valence-electron chi connectivity index (χ4n) is 1.97. The van der Waals surface area contributed by atoms with E-state index in [1.54, 1.807) is 6.20 Å². The van der Waals surface area contributed by atoms with Crippen LogP contribution < -0.4 is 25.6 Å². The van der Waals surface area contributed by atoms with Crippen LogP contribution in [0.5, 0.6) is 5.75 Å². The van der Waals surface area contributed by atoms with Crippen LogP contribution in [0.2, 0.25) is 0 Å². The van der Waals surface area contributed by atoms with E-state index < -0.39 is 12.4 Å². The van der Waals surface area contributed by atoms with Crippen LogP contribution in [0.3, 0.4) is 0 Å². The number of halogens is 3. The minimum atomic E-state index is -4.75. The molecule has 0 atom stereocenters. The lowest BCUT2D eigenvalue weighted by molar-refractivity contribution is -0.274. The number of alkyl halides is 3. The van der Waals surface area contributed by atoms with E-state index >= 15 is 0 Å². The van der Waals surface area contributed by atoms with Gasteiger partial charge < -0.3 is 25.6 Å². The quantitative estimate of drug-likeness (QED) is 0.636. The van der Waals surface area contributed by atoms with Gasteiger partial charge in [-0.1, -0.05) is 0 Å². The number of hydrogen-bond donors (Lipinski definition) is 3. The molecule has 3 N–H and O–H groups in total. The number of aromatic nitrogens is 2. The van der Waals surface area contributed by atoms with Crippen molar-refractivity contribution in [2.45, 2.75) is 6.36 Å². The number of nitrogens with one attached hydrogen (secondary N) is 3. The molecule has 1 aromatic carbocycles. The SMILES string of the molecule is CN(C)c1cnnc(NCCNC(=O)Nc2ccc(OC(F)(F)F)cc2)c1. The number of carbonyl (C=O) groups excluding carboxylic acids is 1. The van der Waals surface area contributed by atoms with E-state index in [1.807, 2.05) is 25.1 Å². The first-order chi connectivity index (χ1) is 12.7. The summed E-state index contributed by atoms with van der Waals surface area (Å²) in [5.41, 5.74) is 1.22. The Morgan fingerprint density at radius 2 is 1.89 bits per heavy atom. The van der Waals surface area contributed by atoms with Crippen molar-refractivity contribution in [2.75, 3.05) is 42.7 Å². The summed E-state index contributed by atoms with van der Waals surface area (Å²) in [6.07, 6.45) is -3.13. The highest BCUT2D eigenvalue weighted by molar-refractivity contribution is 5.89. The number of amides is 2. The molecule has 2 aromatic rings. The molecule has 1 aromatic heterocycles. The molecule has 0 aliphatic rings. The Labute approximate surface area is 153 Å². The van der Waals surface area contributed by atoms with Gasteiger partial charge in [-0.15, -0.1) is 18.3 Å². The average molecular weight is 384 g/mol. The zero-order chi connectivity index (χ0) is 19.9. The maximum atomic E-state index is 12.1. The van der Waals surface area contributed by atoms with Crippen LogP contribution in [0, 0.1) is 0 Å². The molecule has 0 bridgehead atoms. The lowest BCUT2D eigenvalue weighted by atomic mass is 10.3. The van der Waals surface area contributed by atoms with Gasteiger partial charge in [-0.2, -0.15) is 5.10 Å². The summed E-state index contributed by atoms with van der Waals surface area (Å²) in [6, 6.07) is 6.16. The Bertz CT molecular complexity index is 753. The fraction of sp³-hybridized carbons (Fsp3) is 0.312. The van der Waals surface area contributed by atoms with Crippen molar-refractivity contribution in [1.29, 1.82) is 0 Å². The molecule has 146 valence electrons. The highest BCUT2D eigenvalue weighted by Gasteiger charge is 2.30. The lowest BCUT2D eigenvalue weighted by Crippen LogP contribution is -2.32. The number of benzene rings is 1. The minimum absolute atomic E-state index is 0.301. The number of anilines is 3. The summed E-state index contributed by atoms with van der Waals surface area (Å²) >= 11 is 0. The molecule has 0 saturated heterocycles. The van der Waals surface area contributed by atoms with Gasteiger partial charge in [-0.05, 0) is 24.3 Å². The van der Waals surface area contributed by atoms with E-state index in [2.05, 4.69) is 30.9 Å². The summed E-state index contributed by atoms with van der Waals surface area (Å²) in [7, 11) is 3.77. The van der Waals surface area contributed by atoms with E-state index in [-0.39, 0.29) is 5.75 Å². The highest BCUT2D eigenvalue weighted by Crippen LogP contribution is 2.23. The van der Waals surface area contributed by atoms with E-state index in [0.29, 0.717) is 24.6 Å². The number of carbonyl (C=O) groups is 1. The van der Waals surface area contributed by atoms with Crippen molar-refractivity contribution in [1.82, 2.24) is 15.5 Å². The Kier molecular flexibility index (Phi) is 6.63. The van der Waals surface area contributed by atoms with E-state index in [0.717, 1.165) is 17.8 Å². The van der Waals surface area contributed by atoms with Gasteiger partial charge in [-0.3, -0.25) is 0 Å². The molecular formula is C16H19F3N6O2. The molecule has 0 radical (unpaired) electrons. The predicted octanol–water partition coefficient (Wildman–Crippen LogP) is 2.67. The smallest absolute Gasteiger partial charge is 0.406 e. The van der Waals surface area contributed by atoms with Crippen LogP contribution in [0.25, 0.3) is 0 Å². The molecule has 0 unspecified atom stereocenters.